The fourth-order valence-electron chi connectivity index (χ4n) is 2.90. The van der Waals surface area contributed by atoms with Gasteiger partial charge in [-0.15, -0.1) is 0 Å². The SMILES string of the molecule is COc1ccc(CNc2ncnc(Nc3cccc4cccnc34)c2N)cc1. The van der Waals surface area contributed by atoms with Crippen LogP contribution in [0, 0.1) is 0 Å². The molecule has 0 atom stereocenters. The van der Waals surface area contributed by atoms with Gasteiger partial charge in [0, 0.05) is 18.1 Å². The highest BCUT2D eigenvalue weighted by atomic mass is 16.5. The first kappa shape index (κ1) is 17.5. The number of hydrogen-bond acceptors (Lipinski definition) is 7. The molecular weight excluding hydrogens is 352 g/mol. The van der Waals surface area contributed by atoms with Crippen LogP contribution in [0.25, 0.3) is 10.9 Å². The lowest BCUT2D eigenvalue weighted by atomic mass is 10.2. The number of methoxy groups -OCH3 is 1. The molecule has 0 fully saturated rings. The minimum Gasteiger partial charge on any atom is -0.497 e. The summed E-state index contributed by atoms with van der Waals surface area (Å²) in [6.45, 7) is 0.584. The van der Waals surface area contributed by atoms with E-state index in [0.717, 1.165) is 27.9 Å². The third kappa shape index (κ3) is 3.64. The average Bonchev–Trinajstić information content (AvgIpc) is 2.75. The monoisotopic (exact) mass is 372 g/mol. The Morgan fingerprint density at radius 1 is 0.929 bits per heavy atom. The predicted molar refractivity (Wildman–Crippen MR) is 112 cm³/mol. The predicted octanol–water partition coefficient (Wildman–Crippen LogP) is 3.97. The normalized spacial score (nSPS) is 10.6. The molecule has 0 aliphatic heterocycles. The number of nitrogens with one attached hydrogen (secondary N) is 2. The van der Waals surface area contributed by atoms with Crippen LogP contribution >= 0.6 is 0 Å². The van der Waals surface area contributed by atoms with Crippen molar-refractivity contribution in [3.63, 3.8) is 0 Å². The standard InChI is InChI=1S/C21H20N6O/c1-28-16-9-7-14(8-10-16)12-24-20-18(22)21(26-13-25-20)27-17-6-2-4-15-5-3-11-23-19(15)17/h2-11,13H,12,22H2,1H3,(H2,24,25,26,27). The summed E-state index contributed by atoms with van der Waals surface area (Å²) in [7, 11) is 1.65. The Bertz CT molecular complexity index is 1090. The van der Waals surface area contributed by atoms with E-state index >= 15 is 0 Å². The minimum absolute atomic E-state index is 0.448. The Morgan fingerprint density at radius 2 is 1.71 bits per heavy atom. The van der Waals surface area contributed by atoms with Crippen LogP contribution in [0.2, 0.25) is 0 Å². The Morgan fingerprint density at radius 3 is 2.54 bits per heavy atom. The van der Waals surface area contributed by atoms with Crippen LogP contribution < -0.4 is 21.1 Å². The highest BCUT2D eigenvalue weighted by molar-refractivity contribution is 5.93. The van der Waals surface area contributed by atoms with Crippen LogP contribution in [-0.4, -0.2) is 22.1 Å². The zero-order chi connectivity index (χ0) is 19.3. The maximum absolute atomic E-state index is 6.29. The molecule has 0 spiro atoms. The van der Waals surface area contributed by atoms with Gasteiger partial charge in [-0.25, -0.2) is 9.97 Å². The third-order valence-corrected chi connectivity index (χ3v) is 4.39. The van der Waals surface area contributed by atoms with Crippen molar-refractivity contribution in [2.24, 2.45) is 0 Å². The van der Waals surface area contributed by atoms with Gasteiger partial charge in [-0.3, -0.25) is 4.98 Å². The van der Waals surface area contributed by atoms with E-state index in [2.05, 4.69) is 25.6 Å². The van der Waals surface area contributed by atoms with Crippen molar-refractivity contribution in [1.29, 1.82) is 0 Å². The van der Waals surface area contributed by atoms with E-state index < -0.39 is 0 Å². The molecule has 4 aromatic rings. The molecule has 0 saturated heterocycles. The molecule has 2 heterocycles. The molecule has 0 unspecified atom stereocenters. The second-order valence-corrected chi connectivity index (χ2v) is 6.19. The lowest BCUT2D eigenvalue weighted by Crippen LogP contribution is -2.08. The number of nitrogens with zero attached hydrogens (tertiary/aromatic N) is 3. The Kier molecular flexibility index (Phi) is 4.88. The summed E-state index contributed by atoms with van der Waals surface area (Å²) < 4.78 is 5.18. The van der Waals surface area contributed by atoms with E-state index in [9.17, 15) is 0 Å². The Hall–Kier alpha value is -3.87. The quantitative estimate of drug-likeness (QED) is 0.471. The average molecular weight is 372 g/mol. The zero-order valence-corrected chi connectivity index (χ0v) is 15.4. The van der Waals surface area contributed by atoms with Crippen molar-refractivity contribution < 1.29 is 4.74 Å². The lowest BCUT2D eigenvalue weighted by Gasteiger charge is -2.13. The third-order valence-electron chi connectivity index (χ3n) is 4.39. The van der Waals surface area contributed by atoms with Crippen LogP contribution in [0.15, 0.2) is 67.1 Å². The summed E-state index contributed by atoms with van der Waals surface area (Å²) in [5, 5.41) is 7.57. The topological polar surface area (TPSA) is 98.0 Å². The van der Waals surface area contributed by atoms with Gasteiger partial charge in [0.25, 0.3) is 0 Å². The molecule has 7 nitrogen and oxygen atoms in total. The molecule has 0 saturated carbocycles. The number of aromatic nitrogens is 3. The molecule has 2 aromatic heterocycles. The molecule has 0 radical (unpaired) electrons. The first-order valence-electron chi connectivity index (χ1n) is 8.82. The summed E-state index contributed by atoms with van der Waals surface area (Å²) in [4.78, 5) is 13.0. The smallest absolute Gasteiger partial charge is 0.159 e. The molecule has 0 aliphatic carbocycles. The molecular formula is C21H20N6O. The van der Waals surface area contributed by atoms with Crippen molar-refractivity contribution in [2.45, 2.75) is 6.54 Å². The zero-order valence-electron chi connectivity index (χ0n) is 15.4. The number of hydrogen-bond donors (Lipinski definition) is 3. The minimum atomic E-state index is 0.448. The summed E-state index contributed by atoms with van der Waals surface area (Å²) >= 11 is 0. The van der Waals surface area contributed by atoms with Crippen LogP contribution in [-0.2, 0) is 6.54 Å². The highest BCUT2D eigenvalue weighted by Crippen LogP contribution is 2.29. The van der Waals surface area contributed by atoms with Gasteiger partial charge in [-0.05, 0) is 29.8 Å². The van der Waals surface area contributed by atoms with E-state index in [1.54, 1.807) is 13.3 Å². The molecule has 0 amide bonds. The van der Waals surface area contributed by atoms with Gasteiger partial charge in [0.1, 0.15) is 17.8 Å². The second kappa shape index (κ2) is 7.79. The van der Waals surface area contributed by atoms with E-state index in [0.29, 0.717) is 23.9 Å². The number of anilines is 4. The van der Waals surface area contributed by atoms with Crippen LogP contribution in [0.5, 0.6) is 5.75 Å². The van der Waals surface area contributed by atoms with Gasteiger partial charge < -0.3 is 21.1 Å². The highest BCUT2D eigenvalue weighted by Gasteiger charge is 2.10. The van der Waals surface area contributed by atoms with Crippen molar-refractivity contribution in [3.05, 3.63) is 72.7 Å². The van der Waals surface area contributed by atoms with Gasteiger partial charge in [0.2, 0.25) is 0 Å². The van der Waals surface area contributed by atoms with Gasteiger partial charge in [0.05, 0.1) is 18.3 Å². The van der Waals surface area contributed by atoms with Crippen LogP contribution in [0.4, 0.5) is 23.0 Å². The Balaban J connectivity index is 1.54. The summed E-state index contributed by atoms with van der Waals surface area (Å²) in [5.41, 5.74) is 9.53. The number of ether oxygens (including phenoxy) is 1. The number of fused-ring (bicyclic) bond motifs is 1. The molecule has 7 heteroatoms. The lowest BCUT2D eigenvalue weighted by molar-refractivity contribution is 0.414. The van der Waals surface area contributed by atoms with Crippen LogP contribution in [0.1, 0.15) is 5.56 Å². The molecule has 0 aliphatic rings. The number of pyridine rings is 1. The first-order chi connectivity index (χ1) is 13.7. The number of benzene rings is 2. The number of nitrogen functional groups attached to an aromatic ring is 1. The fourth-order valence-corrected chi connectivity index (χ4v) is 2.90. The molecule has 140 valence electrons. The second-order valence-electron chi connectivity index (χ2n) is 6.19. The van der Waals surface area contributed by atoms with Gasteiger partial charge in [-0.2, -0.15) is 0 Å². The molecule has 4 rings (SSSR count). The van der Waals surface area contributed by atoms with Crippen molar-refractivity contribution in [3.8, 4) is 5.75 Å². The molecule has 4 N–H and O–H groups in total. The molecule has 0 bridgehead atoms. The first-order valence-corrected chi connectivity index (χ1v) is 8.82. The van der Waals surface area contributed by atoms with Crippen molar-refractivity contribution in [1.82, 2.24) is 15.0 Å². The summed E-state index contributed by atoms with van der Waals surface area (Å²) in [5.74, 6) is 1.92. The number of rotatable bonds is 6. The van der Waals surface area contributed by atoms with Gasteiger partial charge in [0.15, 0.2) is 11.6 Å². The molecule has 2 aromatic carbocycles. The molecule has 28 heavy (non-hydrogen) atoms. The van der Waals surface area contributed by atoms with Crippen molar-refractivity contribution >= 4 is 33.9 Å². The van der Waals surface area contributed by atoms with Crippen LogP contribution in [0.3, 0.4) is 0 Å². The van der Waals surface area contributed by atoms with E-state index in [1.807, 2.05) is 54.6 Å². The Labute approximate surface area is 162 Å². The summed E-state index contributed by atoms with van der Waals surface area (Å²) in [6, 6.07) is 17.7. The van der Waals surface area contributed by atoms with Gasteiger partial charge >= 0.3 is 0 Å². The van der Waals surface area contributed by atoms with E-state index in [-0.39, 0.29) is 0 Å². The maximum Gasteiger partial charge on any atom is 0.159 e. The number of para-hydroxylation sites is 1. The van der Waals surface area contributed by atoms with E-state index in [1.165, 1.54) is 6.33 Å². The largest absolute Gasteiger partial charge is 0.497 e. The van der Waals surface area contributed by atoms with Crippen molar-refractivity contribution in [2.75, 3.05) is 23.5 Å². The number of nitrogens with two attached hydrogens (primary N) is 1. The van der Waals surface area contributed by atoms with E-state index in [4.69, 9.17) is 10.5 Å². The van der Waals surface area contributed by atoms with Gasteiger partial charge in [-0.1, -0.05) is 30.3 Å². The fraction of sp³-hybridized carbons (Fsp3) is 0.0952. The maximum atomic E-state index is 6.29. The summed E-state index contributed by atoms with van der Waals surface area (Å²) in [6.07, 6.45) is 3.24.